The molecule has 0 aliphatic rings. The van der Waals surface area contributed by atoms with Crippen molar-refractivity contribution in [1.82, 2.24) is 10.2 Å². The van der Waals surface area contributed by atoms with Crippen LogP contribution in [-0.2, 0) is 5.88 Å². The number of hydrogen-bond acceptors (Lipinski definition) is 2. The van der Waals surface area contributed by atoms with E-state index >= 15 is 0 Å². The highest BCUT2D eigenvalue weighted by Gasteiger charge is 2.02. The Balaban J connectivity index is 2.28. The van der Waals surface area contributed by atoms with Crippen molar-refractivity contribution in [2.45, 2.75) is 5.88 Å². The maximum atomic E-state index is 5.68. The van der Waals surface area contributed by atoms with Crippen LogP contribution in [0.5, 0.6) is 5.75 Å². The Morgan fingerprint density at radius 2 is 2.07 bits per heavy atom. The minimum absolute atomic E-state index is 0.448. The Morgan fingerprint density at radius 3 is 2.60 bits per heavy atom. The monoisotopic (exact) mass is 222 g/mol. The lowest BCUT2D eigenvalue weighted by atomic mass is 10.1. The molecular weight excluding hydrogens is 212 g/mol. The molecule has 0 aliphatic carbocycles. The summed E-state index contributed by atoms with van der Waals surface area (Å²) in [5, 5.41) is 7.03. The van der Waals surface area contributed by atoms with Crippen molar-refractivity contribution in [2.24, 2.45) is 0 Å². The largest absolute Gasteiger partial charge is 0.497 e. The predicted molar refractivity (Wildman–Crippen MR) is 60.1 cm³/mol. The lowest BCUT2D eigenvalue weighted by molar-refractivity contribution is 0.415. The zero-order chi connectivity index (χ0) is 10.7. The van der Waals surface area contributed by atoms with Gasteiger partial charge in [0.2, 0.25) is 0 Å². The number of H-pyrrole nitrogens is 1. The standard InChI is InChI=1S/C11H11ClN2O/c1-15-10-4-2-8(3-5-10)11-6-9(7-12)13-14-11/h2-6H,7H2,1H3,(H,13,14). The summed E-state index contributed by atoms with van der Waals surface area (Å²) < 4.78 is 5.08. The molecule has 1 aromatic carbocycles. The van der Waals surface area contributed by atoms with Crippen molar-refractivity contribution in [3.05, 3.63) is 36.0 Å². The van der Waals surface area contributed by atoms with Crippen molar-refractivity contribution in [3.63, 3.8) is 0 Å². The smallest absolute Gasteiger partial charge is 0.118 e. The highest BCUT2D eigenvalue weighted by Crippen LogP contribution is 2.21. The molecule has 78 valence electrons. The molecule has 2 rings (SSSR count). The van der Waals surface area contributed by atoms with Crippen molar-refractivity contribution in [1.29, 1.82) is 0 Å². The number of ether oxygens (including phenoxy) is 1. The Bertz CT molecular complexity index is 436. The van der Waals surface area contributed by atoms with E-state index in [1.165, 1.54) is 0 Å². The highest BCUT2D eigenvalue weighted by atomic mass is 35.5. The maximum Gasteiger partial charge on any atom is 0.118 e. The Kier molecular flexibility index (Phi) is 2.92. The SMILES string of the molecule is COc1ccc(-c2cc(CCl)[nH]n2)cc1. The van der Waals surface area contributed by atoms with Crippen LogP contribution in [0.1, 0.15) is 5.69 Å². The molecule has 0 fully saturated rings. The average molecular weight is 223 g/mol. The number of rotatable bonds is 3. The Hall–Kier alpha value is -1.48. The summed E-state index contributed by atoms with van der Waals surface area (Å²) in [6.45, 7) is 0. The molecule has 0 atom stereocenters. The molecular formula is C11H11ClN2O. The van der Waals surface area contributed by atoms with Gasteiger partial charge in [-0.1, -0.05) is 0 Å². The first kappa shape index (κ1) is 10.1. The second-order valence-electron chi connectivity index (χ2n) is 3.14. The topological polar surface area (TPSA) is 37.9 Å². The molecule has 0 bridgehead atoms. The normalized spacial score (nSPS) is 10.3. The van der Waals surface area contributed by atoms with Crippen LogP contribution in [-0.4, -0.2) is 17.3 Å². The summed E-state index contributed by atoms with van der Waals surface area (Å²) in [7, 11) is 1.65. The third-order valence-electron chi connectivity index (χ3n) is 2.16. The van der Waals surface area contributed by atoms with Crippen LogP contribution in [0.3, 0.4) is 0 Å². The molecule has 0 aliphatic heterocycles. The van der Waals surface area contributed by atoms with E-state index < -0.39 is 0 Å². The average Bonchev–Trinajstić information content (AvgIpc) is 2.78. The van der Waals surface area contributed by atoms with Crippen LogP contribution in [0.2, 0.25) is 0 Å². The summed E-state index contributed by atoms with van der Waals surface area (Å²) in [6.07, 6.45) is 0. The van der Waals surface area contributed by atoms with E-state index in [-0.39, 0.29) is 0 Å². The number of nitrogens with zero attached hydrogens (tertiary/aromatic N) is 1. The number of methoxy groups -OCH3 is 1. The fourth-order valence-corrected chi connectivity index (χ4v) is 1.48. The molecule has 1 N–H and O–H groups in total. The molecule has 0 saturated carbocycles. The molecule has 15 heavy (non-hydrogen) atoms. The van der Waals surface area contributed by atoms with Gasteiger partial charge in [0.05, 0.1) is 24.4 Å². The lowest BCUT2D eigenvalue weighted by Gasteiger charge is -1.99. The van der Waals surface area contributed by atoms with Gasteiger partial charge < -0.3 is 4.74 Å². The first-order valence-corrected chi connectivity index (χ1v) is 5.11. The minimum atomic E-state index is 0.448. The van der Waals surface area contributed by atoms with E-state index in [9.17, 15) is 0 Å². The molecule has 3 nitrogen and oxygen atoms in total. The van der Waals surface area contributed by atoms with E-state index in [0.717, 1.165) is 22.7 Å². The van der Waals surface area contributed by atoms with E-state index in [1.807, 2.05) is 30.3 Å². The van der Waals surface area contributed by atoms with Crippen LogP contribution >= 0.6 is 11.6 Å². The summed E-state index contributed by atoms with van der Waals surface area (Å²) in [5.41, 5.74) is 2.86. The van der Waals surface area contributed by atoms with Crippen LogP contribution < -0.4 is 4.74 Å². The van der Waals surface area contributed by atoms with E-state index in [2.05, 4.69) is 10.2 Å². The number of alkyl halides is 1. The van der Waals surface area contributed by atoms with Gasteiger partial charge in [0.25, 0.3) is 0 Å². The van der Waals surface area contributed by atoms with Crippen LogP contribution in [0.4, 0.5) is 0 Å². The van der Waals surface area contributed by atoms with Gasteiger partial charge in [-0.05, 0) is 30.3 Å². The zero-order valence-electron chi connectivity index (χ0n) is 8.33. The second kappa shape index (κ2) is 4.36. The zero-order valence-corrected chi connectivity index (χ0v) is 9.08. The number of benzene rings is 1. The van der Waals surface area contributed by atoms with Gasteiger partial charge >= 0.3 is 0 Å². The van der Waals surface area contributed by atoms with Crippen LogP contribution in [0.15, 0.2) is 30.3 Å². The third kappa shape index (κ3) is 2.13. The number of aromatic nitrogens is 2. The molecule has 1 heterocycles. The van der Waals surface area contributed by atoms with Gasteiger partial charge in [-0.3, -0.25) is 5.10 Å². The van der Waals surface area contributed by atoms with Crippen molar-refractivity contribution >= 4 is 11.6 Å². The van der Waals surface area contributed by atoms with E-state index in [1.54, 1.807) is 7.11 Å². The van der Waals surface area contributed by atoms with Gasteiger partial charge in [-0.25, -0.2) is 0 Å². The Morgan fingerprint density at radius 1 is 1.33 bits per heavy atom. The molecule has 0 saturated heterocycles. The number of hydrogen-bond donors (Lipinski definition) is 1. The fourth-order valence-electron chi connectivity index (χ4n) is 1.34. The number of nitrogens with one attached hydrogen (secondary N) is 1. The highest BCUT2D eigenvalue weighted by molar-refractivity contribution is 6.16. The molecule has 2 aromatic rings. The summed E-state index contributed by atoms with van der Waals surface area (Å²) in [4.78, 5) is 0. The van der Waals surface area contributed by atoms with Gasteiger partial charge in [-0.2, -0.15) is 5.10 Å². The maximum absolute atomic E-state index is 5.68. The third-order valence-corrected chi connectivity index (χ3v) is 2.45. The predicted octanol–water partition coefficient (Wildman–Crippen LogP) is 2.82. The minimum Gasteiger partial charge on any atom is -0.497 e. The molecule has 1 aromatic heterocycles. The number of aromatic amines is 1. The quantitative estimate of drug-likeness (QED) is 0.811. The van der Waals surface area contributed by atoms with Crippen LogP contribution in [0, 0.1) is 0 Å². The molecule has 0 amide bonds. The first-order chi connectivity index (χ1) is 7.33. The van der Waals surface area contributed by atoms with Crippen molar-refractivity contribution in [3.8, 4) is 17.0 Å². The first-order valence-electron chi connectivity index (χ1n) is 4.58. The summed E-state index contributed by atoms with van der Waals surface area (Å²) in [6, 6.07) is 9.68. The van der Waals surface area contributed by atoms with Gasteiger partial charge in [-0.15, -0.1) is 11.6 Å². The van der Waals surface area contributed by atoms with Gasteiger partial charge in [0.15, 0.2) is 0 Å². The summed E-state index contributed by atoms with van der Waals surface area (Å²) in [5.74, 6) is 1.29. The number of halogens is 1. The van der Waals surface area contributed by atoms with Gasteiger partial charge in [0.1, 0.15) is 5.75 Å². The van der Waals surface area contributed by atoms with Crippen molar-refractivity contribution in [2.75, 3.05) is 7.11 Å². The fraction of sp³-hybridized carbons (Fsp3) is 0.182. The lowest BCUT2D eigenvalue weighted by Crippen LogP contribution is -1.82. The van der Waals surface area contributed by atoms with Gasteiger partial charge in [0, 0.05) is 5.56 Å². The Labute approximate surface area is 93.0 Å². The molecule has 0 radical (unpaired) electrons. The second-order valence-corrected chi connectivity index (χ2v) is 3.41. The van der Waals surface area contributed by atoms with E-state index in [4.69, 9.17) is 16.3 Å². The summed E-state index contributed by atoms with van der Waals surface area (Å²) >= 11 is 5.68. The van der Waals surface area contributed by atoms with Crippen LogP contribution in [0.25, 0.3) is 11.3 Å². The molecule has 0 spiro atoms. The van der Waals surface area contributed by atoms with Crippen molar-refractivity contribution < 1.29 is 4.74 Å². The molecule has 4 heteroatoms. The molecule has 0 unspecified atom stereocenters. The van der Waals surface area contributed by atoms with E-state index in [0.29, 0.717) is 5.88 Å².